The Morgan fingerprint density at radius 1 is 0.850 bits per heavy atom. The topological polar surface area (TPSA) is 157 Å². The van der Waals surface area contributed by atoms with Crippen LogP contribution in [0.2, 0.25) is 5.02 Å². The molecule has 3 amide bonds. The summed E-state index contributed by atoms with van der Waals surface area (Å²) in [5.41, 5.74) is 5.47. The number of nitrogens with zero attached hydrogens (tertiary/aromatic N) is 9. The lowest BCUT2D eigenvalue weighted by atomic mass is 10.0. The maximum absolute atomic E-state index is 13.6. The molecule has 5 aliphatic rings. The Bertz CT molecular complexity index is 2420. The molecule has 3 saturated heterocycles. The molecule has 1 saturated carbocycles. The van der Waals surface area contributed by atoms with Gasteiger partial charge in [-0.3, -0.25) is 48.6 Å². The van der Waals surface area contributed by atoms with Gasteiger partial charge in [0.15, 0.2) is 5.78 Å². The van der Waals surface area contributed by atoms with E-state index in [-0.39, 0.29) is 41.2 Å². The molecule has 7 heterocycles. The molecule has 15 nitrogen and oxygen atoms in total. The minimum Gasteiger partial charge on any atom is -0.369 e. The van der Waals surface area contributed by atoms with E-state index in [1.807, 2.05) is 31.3 Å². The number of carbonyl (C=O) groups is 4. The number of piperidine rings is 1. The van der Waals surface area contributed by atoms with E-state index >= 15 is 0 Å². The summed E-state index contributed by atoms with van der Waals surface area (Å²) in [5, 5.41) is 3.51. The highest BCUT2D eigenvalue weighted by molar-refractivity contribution is 6.34. The Morgan fingerprint density at radius 3 is 2.17 bits per heavy atom. The second kappa shape index (κ2) is 16.7. The van der Waals surface area contributed by atoms with Gasteiger partial charge in [0.1, 0.15) is 17.5 Å². The molecule has 3 aromatic heterocycles. The van der Waals surface area contributed by atoms with Gasteiger partial charge in [-0.15, -0.1) is 0 Å². The molecule has 1 unspecified atom stereocenters. The minimum absolute atomic E-state index is 0.0399. The Morgan fingerprint density at radius 2 is 1.53 bits per heavy atom. The number of ketones is 1. The molecule has 0 radical (unpaired) electrons. The van der Waals surface area contributed by atoms with Crippen molar-refractivity contribution in [2.24, 2.45) is 0 Å². The van der Waals surface area contributed by atoms with Crippen LogP contribution in [-0.4, -0.2) is 129 Å². The van der Waals surface area contributed by atoms with Crippen LogP contribution in [0.25, 0.3) is 11.0 Å². The third-order valence-corrected chi connectivity index (χ3v) is 13.5. The predicted octanol–water partition coefficient (Wildman–Crippen LogP) is 3.76. The molecule has 1 N–H and O–H groups in total. The molecule has 4 aromatic rings. The lowest BCUT2D eigenvalue weighted by molar-refractivity contribution is -0.136. The smallest absolute Gasteiger partial charge is 0.263 e. The van der Waals surface area contributed by atoms with Crippen LogP contribution in [-0.2, 0) is 22.6 Å². The van der Waals surface area contributed by atoms with Crippen molar-refractivity contribution in [2.75, 3.05) is 75.2 Å². The van der Waals surface area contributed by atoms with Crippen molar-refractivity contribution in [1.29, 1.82) is 0 Å². The number of imide groups is 1. The molecular weight excluding hydrogens is 784 g/mol. The number of Topliss-reactive ketones (excluding diaryl/α,β-unsaturated/α-hetero) is 1. The second-order valence-corrected chi connectivity index (χ2v) is 17.3. The lowest BCUT2D eigenvalue weighted by Crippen LogP contribution is -2.52. The zero-order valence-corrected chi connectivity index (χ0v) is 35.0. The minimum atomic E-state index is -0.664. The first-order valence-corrected chi connectivity index (χ1v) is 21.7. The number of hydrogen-bond donors (Lipinski definition) is 1. The highest BCUT2D eigenvalue weighted by Crippen LogP contribution is 2.36. The highest BCUT2D eigenvalue weighted by atomic mass is 35.5. The van der Waals surface area contributed by atoms with Gasteiger partial charge in [0.05, 0.1) is 34.5 Å². The van der Waals surface area contributed by atoms with Crippen molar-refractivity contribution in [1.82, 2.24) is 39.5 Å². The number of carbonyl (C=O) groups excluding carboxylic acids is 4. The normalized spacial score (nSPS) is 20.7. The van der Waals surface area contributed by atoms with E-state index < -0.39 is 11.9 Å². The van der Waals surface area contributed by atoms with Crippen LogP contribution in [0.3, 0.4) is 0 Å². The number of amides is 3. The summed E-state index contributed by atoms with van der Waals surface area (Å²) in [6.07, 6.45) is 8.60. The molecule has 1 aliphatic carbocycles. The predicted molar refractivity (Wildman–Crippen MR) is 228 cm³/mol. The SMILES string of the molecule is CC(=O)c1c(C)c2cnc(Cc3ccc(N4CCN(CCN5CCN(c6cc(Cl)c7c(c6)CN(C6CCC(=O)NC6=O)C7=O)CC5)CC4)cn3)nc2n(C2CCCC2)c1=O. The number of pyridine rings is 2. The van der Waals surface area contributed by atoms with Crippen molar-refractivity contribution < 1.29 is 19.2 Å². The van der Waals surface area contributed by atoms with E-state index in [4.69, 9.17) is 21.6 Å². The first-order chi connectivity index (χ1) is 29.0. The monoisotopic (exact) mass is 834 g/mol. The molecule has 60 heavy (non-hydrogen) atoms. The van der Waals surface area contributed by atoms with Gasteiger partial charge in [0.2, 0.25) is 11.8 Å². The fraction of sp³-hybridized carbons (Fsp3) is 0.500. The molecule has 9 rings (SSSR count). The average molecular weight is 835 g/mol. The molecule has 1 aromatic carbocycles. The summed E-state index contributed by atoms with van der Waals surface area (Å²) in [6.45, 7) is 12.9. The maximum Gasteiger partial charge on any atom is 0.263 e. The van der Waals surface area contributed by atoms with Gasteiger partial charge in [-0.25, -0.2) is 9.97 Å². The lowest BCUT2D eigenvalue weighted by Gasteiger charge is -2.39. The average Bonchev–Trinajstić information content (AvgIpc) is 3.89. The molecule has 0 spiro atoms. The van der Waals surface area contributed by atoms with Crippen molar-refractivity contribution in [3.8, 4) is 0 Å². The Kier molecular flexibility index (Phi) is 11.2. The van der Waals surface area contributed by atoms with Crippen molar-refractivity contribution in [2.45, 2.75) is 77.4 Å². The summed E-state index contributed by atoms with van der Waals surface area (Å²) in [7, 11) is 0. The van der Waals surface area contributed by atoms with Gasteiger partial charge in [0.25, 0.3) is 11.5 Å². The first-order valence-electron chi connectivity index (χ1n) is 21.3. The van der Waals surface area contributed by atoms with Gasteiger partial charge < -0.3 is 14.7 Å². The van der Waals surface area contributed by atoms with Crippen LogP contribution in [0, 0.1) is 6.92 Å². The number of hydrogen-bond acceptors (Lipinski definition) is 12. The van der Waals surface area contributed by atoms with E-state index in [0.29, 0.717) is 47.0 Å². The number of piperazine rings is 2. The van der Waals surface area contributed by atoms with Crippen LogP contribution in [0.1, 0.15) is 94.9 Å². The van der Waals surface area contributed by atoms with Gasteiger partial charge in [-0.1, -0.05) is 24.4 Å². The standard InChI is InChI=1S/C44H51ClN10O5/c1-27-34-25-47-37(48-41(34)55(31-5-3-4-6-31)44(60)39(27)28(2)56)22-30-7-8-32(24-46-30)52-17-13-50(14-18-52)11-12-51-15-19-53(20-16-51)33-21-29-26-54(43(59)40(29)35(45)23-33)36-9-10-38(57)49-42(36)58/h7-8,21,23-25,31,36H,3-6,9-20,22,26H2,1-2H3,(H,49,57,58). The summed E-state index contributed by atoms with van der Waals surface area (Å²) < 4.78 is 1.76. The number of anilines is 2. The Balaban J connectivity index is 0.752. The third kappa shape index (κ3) is 7.78. The summed E-state index contributed by atoms with van der Waals surface area (Å²) in [5.74, 6) is -0.604. The van der Waals surface area contributed by atoms with Crippen molar-refractivity contribution in [3.63, 3.8) is 0 Å². The fourth-order valence-electron chi connectivity index (χ4n) is 9.81. The number of rotatable bonds is 10. The molecule has 4 fully saturated rings. The first kappa shape index (κ1) is 40.2. The van der Waals surface area contributed by atoms with Crippen molar-refractivity contribution in [3.05, 3.63) is 85.8 Å². The van der Waals surface area contributed by atoms with Gasteiger partial charge >= 0.3 is 0 Å². The van der Waals surface area contributed by atoms with Crippen LogP contribution in [0.15, 0.2) is 41.5 Å². The van der Waals surface area contributed by atoms with Crippen LogP contribution in [0.4, 0.5) is 11.4 Å². The van der Waals surface area contributed by atoms with Crippen LogP contribution in [0.5, 0.6) is 0 Å². The van der Waals surface area contributed by atoms with Crippen LogP contribution < -0.4 is 20.7 Å². The van der Waals surface area contributed by atoms with Crippen LogP contribution >= 0.6 is 11.6 Å². The maximum atomic E-state index is 13.6. The molecule has 0 bridgehead atoms. The second-order valence-electron chi connectivity index (χ2n) is 16.9. The molecule has 314 valence electrons. The van der Waals surface area contributed by atoms with Crippen molar-refractivity contribution >= 4 is 57.5 Å². The number of aryl methyl sites for hydroxylation is 1. The van der Waals surface area contributed by atoms with E-state index in [1.165, 1.54) is 6.92 Å². The zero-order valence-electron chi connectivity index (χ0n) is 34.3. The fourth-order valence-corrected chi connectivity index (χ4v) is 10.1. The number of nitrogens with one attached hydrogen (secondary N) is 1. The van der Waals surface area contributed by atoms with E-state index in [9.17, 15) is 24.0 Å². The summed E-state index contributed by atoms with van der Waals surface area (Å²) in [4.78, 5) is 89.1. The number of fused-ring (bicyclic) bond motifs is 2. The molecular formula is C44H51ClN10O5. The Hall–Kier alpha value is -5.25. The molecule has 16 heteroatoms. The van der Waals surface area contributed by atoms with Gasteiger partial charge in [-0.2, -0.15) is 0 Å². The Labute approximate surface area is 353 Å². The van der Waals surface area contributed by atoms with Gasteiger partial charge in [-0.05, 0) is 68.5 Å². The highest BCUT2D eigenvalue weighted by Gasteiger charge is 2.40. The largest absolute Gasteiger partial charge is 0.369 e. The van der Waals surface area contributed by atoms with E-state index in [1.54, 1.807) is 15.7 Å². The third-order valence-electron chi connectivity index (χ3n) is 13.2. The molecule has 1 atom stereocenters. The number of aromatic nitrogens is 4. The number of halogens is 1. The van der Waals surface area contributed by atoms with E-state index in [0.717, 1.165) is 119 Å². The quantitative estimate of drug-likeness (QED) is 0.183. The van der Waals surface area contributed by atoms with Gasteiger partial charge in [0, 0.05) is 107 Å². The summed E-state index contributed by atoms with van der Waals surface area (Å²) in [6, 6.07) is 7.44. The summed E-state index contributed by atoms with van der Waals surface area (Å²) >= 11 is 6.69. The molecule has 4 aliphatic heterocycles. The number of benzene rings is 1. The van der Waals surface area contributed by atoms with E-state index in [2.05, 4.69) is 36.0 Å². The zero-order chi connectivity index (χ0) is 41.7.